The van der Waals surface area contributed by atoms with Crippen molar-refractivity contribution in [3.63, 3.8) is 0 Å². The number of methoxy groups -OCH3 is 1. The molecule has 0 unspecified atom stereocenters. The van der Waals surface area contributed by atoms with Crippen molar-refractivity contribution in [2.75, 3.05) is 7.11 Å². The minimum atomic E-state index is -0.473. The van der Waals surface area contributed by atoms with Gasteiger partial charge in [0.25, 0.3) is 0 Å². The maximum absolute atomic E-state index is 12.2. The van der Waals surface area contributed by atoms with Crippen LogP contribution in [0.5, 0.6) is 11.5 Å². The fourth-order valence-electron chi connectivity index (χ4n) is 2.41. The molecule has 0 saturated carbocycles. The van der Waals surface area contributed by atoms with Crippen molar-refractivity contribution in [3.8, 4) is 11.5 Å². The van der Waals surface area contributed by atoms with E-state index < -0.39 is 5.97 Å². The van der Waals surface area contributed by atoms with Gasteiger partial charge in [0.2, 0.25) is 0 Å². The third kappa shape index (κ3) is 4.67. The van der Waals surface area contributed by atoms with E-state index in [1.165, 1.54) is 14.0 Å². The Hall–Kier alpha value is -3.80. The molecule has 0 aliphatic heterocycles. The first-order valence-electron chi connectivity index (χ1n) is 8.55. The van der Waals surface area contributed by atoms with E-state index in [9.17, 15) is 9.59 Å². The lowest BCUT2D eigenvalue weighted by Crippen LogP contribution is -2.08. The molecule has 0 amide bonds. The molecule has 0 spiro atoms. The molecule has 0 aliphatic rings. The molecule has 0 N–H and O–H groups in total. The first-order valence-corrected chi connectivity index (χ1v) is 8.55. The lowest BCUT2D eigenvalue weighted by Gasteiger charge is -2.09. The predicted molar refractivity (Wildman–Crippen MR) is 105 cm³/mol. The molecule has 6 nitrogen and oxygen atoms in total. The number of hydrogen-bond acceptors (Lipinski definition) is 6. The van der Waals surface area contributed by atoms with Crippen LogP contribution in [0.2, 0.25) is 0 Å². The Morgan fingerprint density at radius 2 is 1.39 bits per heavy atom. The summed E-state index contributed by atoms with van der Waals surface area (Å²) in [6.07, 6.45) is 0. The molecular weight excluding hydrogens is 356 g/mol. The van der Waals surface area contributed by atoms with E-state index in [-0.39, 0.29) is 5.78 Å². The van der Waals surface area contributed by atoms with Crippen LogP contribution in [0.15, 0.2) is 83.0 Å². The van der Waals surface area contributed by atoms with Crippen molar-refractivity contribution in [2.24, 2.45) is 10.2 Å². The van der Waals surface area contributed by atoms with Crippen LogP contribution in [0.25, 0.3) is 0 Å². The van der Waals surface area contributed by atoms with Crippen LogP contribution in [0, 0.1) is 0 Å². The Morgan fingerprint density at radius 1 is 0.750 bits per heavy atom. The van der Waals surface area contributed by atoms with Crippen molar-refractivity contribution in [1.82, 2.24) is 0 Å². The van der Waals surface area contributed by atoms with E-state index in [4.69, 9.17) is 9.47 Å². The first kappa shape index (κ1) is 19.0. The van der Waals surface area contributed by atoms with E-state index in [1.807, 2.05) is 6.07 Å². The lowest BCUT2D eigenvalue weighted by atomic mass is 10.1. The Balaban J connectivity index is 1.75. The minimum absolute atomic E-state index is 0.00568. The van der Waals surface area contributed by atoms with Crippen molar-refractivity contribution < 1.29 is 19.1 Å². The number of rotatable bonds is 6. The van der Waals surface area contributed by atoms with Gasteiger partial charge in [-0.3, -0.25) is 4.79 Å². The molecule has 0 fully saturated rings. The van der Waals surface area contributed by atoms with Gasteiger partial charge in [-0.25, -0.2) is 4.79 Å². The maximum Gasteiger partial charge on any atom is 0.343 e. The zero-order valence-corrected chi connectivity index (χ0v) is 15.5. The summed E-state index contributed by atoms with van der Waals surface area (Å²) in [5, 5.41) is 8.30. The second-order valence-corrected chi connectivity index (χ2v) is 5.89. The number of azo groups is 1. The molecule has 3 rings (SSSR count). The normalized spacial score (nSPS) is 10.6. The van der Waals surface area contributed by atoms with Gasteiger partial charge in [0.05, 0.1) is 24.0 Å². The number of nitrogens with zero attached hydrogens (tertiary/aromatic N) is 2. The van der Waals surface area contributed by atoms with Gasteiger partial charge in [-0.1, -0.05) is 18.2 Å². The molecule has 28 heavy (non-hydrogen) atoms. The molecule has 0 aromatic heterocycles. The smallest absolute Gasteiger partial charge is 0.343 e. The Kier molecular flexibility index (Phi) is 5.91. The number of ether oxygens (including phenoxy) is 2. The summed E-state index contributed by atoms with van der Waals surface area (Å²) < 4.78 is 10.7. The molecular formula is C22H18N2O4. The molecule has 140 valence electrons. The largest absolute Gasteiger partial charge is 0.493 e. The van der Waals surface area contributed by atoms with Gasteiger partial charge in [-0.05, 0) is 55.5 Å². The quantitative estimate of drug-likeness (QED) is 0.246. The summed E-state index contributed by atoms with van der Waals surface area (Å²) in [7, 11) is 1.48. The molecule has 0 atom stereocenters. The molecule has 0 bridgehead atoms. The molecule has 3 aromatic rings. The van der Waals surface area contributed by atoms with E-state index in [1.54, 1.807) is 66.7 Å². The van der Waals surface area contributed by atoms with Gasteiger partial charge in [-0.2, -0.15) is 10.2 Å². The van der Waals surface area contributed by atoms with Gasteiger partial charge < -0.3 is 9.47 Å². The lowest BCUT2D eigenvalue weighted by molar-refractivity contribution is 0.0729. The third-order valence-electron chi connectivity index (χ3n) is 3.91. The van der Waals surface area contributed by atoms with Crippen LogP contribution in [0.4, 0.5) is 11.4 Å². The third-order valence-corrected chi connectivity index (χ3v) is 3.91. The highest BCUT2D eigenvalue weighted by molar-refractivity contribution is 5.94. The average Bonchev–Trinajstić information content (AvgIpc) is 2.73. The maximum atomic E-state index is 12.2. The number of carbonyl (C=O) groups excluding carboxylic acids is 2. The fraction of sp³-hybridized carbons (Fsp3) is 0.0909. The van der Waals surface area contributed by atoms with Gasteiger partial charge in [-0.15, -0.1) is 0 Å². The predicted octanol–water partition coefficient (Wildman–Crippen LogP) is 5.53. The van der Waals surface area contributed by atoms with Gasteiger partial charge in [0, 0.05) is 11.6 Å². The highest BCUT2D eigenvalue weighted by Crippen LogP contribution is 2.32. The van der Waals surface area contributed by atoms with Crippen LogP contribution in [0.1, 0.15) is 27.6 Å². The van der Waals surface area contributed by atoms with Gasteiger partial charge >= 0.3 is 5.97 Å². The van der Waals surface area contributed by atoms with Crippen molar-refractivity contribution >= 4 is 23.1 Å². The van der Waals surface area contributed by atoms with Gasteiger partial charge in [0.15, 0.2) is 17.3 Å². The Morgan fingerprint density at radius 3 is 2.04 bits per heavy atom. The molecule has 3 aromatic carbocycles. The zero-order chi connectivity index (χ0) is 19.9. The first-order chi connectivity index (χ1) is 13.6. The minimum Gasteiger partial charge on any atom is -0.493 e. The molecule has 0 saturated heterocycles. The molecule has 0 aliphatic carbocycles. The van der Waals surface area contributed by atoms with E-state index in [0.29, 0.717) is 34.0 Å². The molecule has 6 heteroatoms. The average molecular weight is 374 g/mol. The number of esters is 1. The fourth-order valence-corrected chi connectivity index (χ4v) is 2.41. The highest BCUT2D eigenvalue weighted by Gasteiger charge is 2.12. The summed E-state index contributed by atoms with van der Waals surface area (Å²) >= 11 is 0. The standard InChI is InChI=1S/C22H18N2O4/c1-15(25)16-8-10-18(11-9-16)23-24-19-12-13-20(21(14-19)27-2)28-22(26)17-6-4-3-5-7-17/h3-14H,1-2H3. The summed E-state index contributed by atoms with van der Waals surface area (Å²) in [6, 6.07) is 20.4. The summed E-state index contributed by atoms with van der Waals surface area (Å²) in [5.41, 5.74) is 2.21. The number of benzene rings is 3. The monoisotopic (exact) mass is 374 g/mol. The van der Waals surface area contributed by atoms with Gasteiger partial charge in [0.1, 0.15) is 0 Å². The van der Waals surface area contributed by atoms with Crippen LogP contribution in [-0.4, -0.2) is 18.9 Å². The topological polar surface area (TPSA) is 77.3 Å². The Labute approximate surface area is 162 Å². The summed E-state index contributed by atoms with van der Waals surface area (Å²) in [6.45, 7) is 1.51. The van der Waals surface area contributed by atoms with Crippen molar-refractivity contribution in [1.29, 1.82) is 0 Å². The van der Waals surface area contributed by atoms with Crippen molar-refractivity contribution in [2.45, 2.75) is 6.92 Å². The highest BCUT2D eigenvalue weighted by atomic mass is 16.6. The van der Waals surface area contributed by atoms with Crippen LogP contribution < -0.4 is 9.47 Å². The number of carbonyl (C=O) groups is 2. The SMILES string of the molecule is COc1cc(N=Nc2ccc(C(C)=O)cc2)ccc1OC(=O)c1ccccc1. The molecule has 0 radical (unpaired) electrons. The van der Waals surface area contributed by atoms with E-state index >= 15 is 0 Å². The van der Waals surface area contributed by atoms with Crippen LogP contribution in [0.3, 0.4) is 0 Å². The second kappa shape index (κ2) is 8.73. The van der Waals surface area contributed by atoms with E-state index in [2.05, 4.69) is 10.2 Å². The number of hydrogen-bond donors (Lipinski definition) is 0. The second-order valence-electron chi connectivity index (χ2n) is 5.89. The Bertz CT molecular complexity index is 1010. The molecule has 0 heterocycles. The summed E-state index contributed by atoms with van der Waals surface area (Å²) in [5.74, 6) is 0.182. The van der Waals surface area contributed by atoms with E-state index in [0.717, 1.165) is 0 Å². The zero-order valence-electron chi connectivity index (χ0n) is 15.5. The summed E-state index contributed by atoms with van der Waals surface area (Å²) in [4.78, 5) is 23.5. The number of Topliss-reactive ketones (excluding diaryl/α,β-unsaturated/α-hetero) is 1. The number of ketones is 1. The van der Waals surface area contributed by atoms with Crippen molar-refractivity contribution in [3.05, 3.63) is 83.9 Å². The van der Waals surface area contributed by atoms with Crippen LogP contribution >= 0.6 is 0 Å². The van der Waals surface area contributed by atoms with Crippen LogP contribution in [-0.2, 0) is 0 Å².